The van der Waals surface area contributed by atoms with Gasteiger partial charge in [0.2, 0.25) is 0 Å². The van der Waals surface area contributed by atoms with Crippen LogP contribution in [-0.2, 0) is 0 Å². The molecule has 2 amide bonds. The van der Waals surface area contributed by atoms with Crippen LogP contribution in [0.2, 0.25) is 0 Å². The number of rotatable bonds is 0. The molecule has 0 fully saturated rings. The molecule has 0 saturated carbocycles. The van der Waals surface area contributed by atoms with Crippen LogP contribution >= 0.6 is 0 Å². The van der Waals surface area contributed by atoms with E-state index < -0.39 is 5.91 Å². The summed E-state index contributed by atoms with van der Waals surface area (Å²) in [7, 11) is 1.94. The van der Waals surface area contributed by atoms with Gasteiger partial charge in [-0.05, 0) is 30.7 Å². The summed E-state index contributed by atoms with van der Waals surface area (Å²) in [5.41, 5.74) is 9.14. The number of aromatic nitrogens is 2. The lowest BCUT2D eigenvalue weighted by atomic mass is 10.1. The fourth-order valence-corrected chi connectivity index (χ4v) is 3.36. The number of nitrogens with zero attached hydrogens (tertiary/aromatic N) is 3. The second-order valence-electron chi connectivity index (χ2n) is 7.07. The molecule has 4 N–H and O–H groups in total. The lowest BCUT2D eigenvalue weighted by Crippen LogP contribution is -2.29. The van der Waals surface area contributed by atoms with Crippen molar-refractivity contribution in [2.75, 3.05) is 36.1 Å². The smallest absolute Gasteiger partial charge is 0.278 e. The van der Waals surface area contributed by atoms with E-state index in [0.717, 1.165) is 12.1 Å². The SMILES string of the molecule is CN1CCCNC(=O)c2cccc(c2)-c2cnc(N)c(n2)C(=O)Nc2ccccc21. The number of carbonyl (C=O) groups excluding carboxylic acids is 2. The quantitative estimate of drug-likeness (QED) is 0.533. The highest BCUT2D eigenvalue weighted by atomic mass is 16.2. The average molecular weight is 402 g/mol. The third kappa shape index (κ3) is 3.93. The first-order valence-electron chi connectivity index (χ1n) is 9.65. The summed E-state index contributed by atoms with van der Waals surface area (Å²) in [6.45, 7) is 1.23. The largest absolute Gasteiger partial charge is 0.382 e. The van der Waals surface area contributed by atoms with E-state index in [4.69, 9.17) is 5.73 Å². The summed E-state index contributed by atoms with van der Waals surface area (Å²) in [5, 5.41) is 5.85. The van der Waals surface area contributed by atoms with Gasteiger partial charge in [-0.25, -0.2) is 9.97 Å². The normalized spacial score (nSPS) is 14.5. The van der Waals surface area contributed by atoms with Crippen molar-refractivity contribution in [3.8, 4) is 11.3 Å². The van der Waals surface area contributed by atoms with Gasteiger partial charge in [0.15, 0.2) is 11.5 Å². The summed E-state index contributed by atoms with van der Waals surface area (Å²) in [6, 6.07) is 14.6. The molecule has 2 heterocycles. The highest BCUT2D eigenvalue weighted by Crippen LogP contribution is 2.26. The van der Waals surface area contributed by atoms with E-state index in [9.17, 15) is 9.59 Å². The second kappa shape index (κ2) is 8.20. The van der Waals surface area contributed by atoms with Gasteiger partial charge in [-0.1, -0.05) is 24.3 Å². The van der Waals surface area contributed by atoms with Gasteiger partial charge in [-0.2, -0.15) is 0 Å². The van der Waals surface area contributed by atoms with Gasteiger partial charge >= 0.3 is 0 Å². The number of nitrogens with two attached hydrogens (primary N) is 1. The number of nitrogens with one attached hydrogen (secondary N) is 2. The maximum atomic E-state index is 13.0. The Balaban J connectivity index is 1.80. The number of fused-ring (bicyclic) bond motifs is 6. The number of hydrogen-bond donors (Lipinski definition) is 3. The van der Waals surface area contributed by atoms with Crippen LogP contribution in [0.4, 0.5) is 17.2 Å². The van der Waals surface area contributed by atoms with Crippen LogP contribution in [0, 0.1) is 0 Å². The van der Waals surface area contributed by atoms with Crippen molar-refractivity contribution in [3.63, 3.8) is 0 Å². The molecule has 0 atom stereocenters. The van der Waals surface area contributed by atoms with E-state index in [0.29, 0.717) is 35.6 Å². The third-order valence-corrected chi connectivity index (χ3v) is 4.96. The highest BCUT2D eigenvalue weighted by Gasteiger charge is 2.18. The molecule has 1 aliphatic rings. The van der Waals surface area contributed by atoms with Gasteiger partial charge in [0.05, 0.1) is 23.3 Å². The molecule has 2 aromatic carbocycles. The molecule has 1 aromatic heterocycles. The maximum absolute atomic E-state index is 13.0. The topological polar surface area (TPSA) is 113 Å². The Hall–Kier alpha value is -3.94. The number of anilines is 3. The first-order valence-corrected chi connectivity index (χ1v) is 9.65. The summed E-state index contributed by atoms with van der Waals surface area (Å²) >= 11 is 0. The minimum Gasteiger partial charge on any atom is -0.382 e. The fourth-order valence-electron chi connectivity index (χ4n) is 3.36. The third-order valence-electron chi connectivity index (χ3n) is 4.96. The van der Waals surface area contributed by atoms with Crippen molar-refractivity contribution in [2.45, 2.75) is 6.42 Å². The monoisotopic (exact) mass is 402 g/mol. The predicted octanol–water partition coefficient (Wildman–Crippen LogP) is 2.55. The zero-order valence-electron chi connectivity index (χ0n) is 16.6. The highest BCUT2D eigenvalue weighted by molar-refractivity contribution is 6.07. The van der Waals surface area contributed by atoms with Gasteiger partial charge in [-0.3, -0.25) is 9.59 Å². The van der Waals surface area contributed by atoms with E-state index in [1.165, 1.54) is 6.20 Å². The number of hydrogen-bond acceptors (Lipinski definition) is 6. The molecule has 0 unspecified atom stereocenters. The predicted molar refractivity (Wildman–Crippen MR) is 116 cm³/mol. The average Bonchev–Trinajstić information content (AvgIpc) is 2.76. The van der Waals surface area contributed by atoms with Crippen LogP contribution in [0.15, 0.2) is 54.7 Å². The Morgan fingerprint density at radius 1 is 1.03 bits per heavy atom. The summed E-state index contributed by atoms with van der Waals surface area (Å²) in [4.78, 5) is 36.1. The number of carbonyl (C=O) groups is 2. The molecule has 8 heteroatoms. The van der Waals surface area contributed by atoms with E-state index in [1.54, 1.807) is 18.2 Å². The zero-order valence-corrected chi connectivity index (χ0v) is 16.6. The summed E-state index contributed by atoms with van der Waals surface area (Å²) in [5.74, 6) is -0.561. The minimum absolute atomic E-state index is 0.0342. The molecule has 0 saturated heterocycles. The van der Waals surface area contributed by atoms with Gasteiger partial charge < -0.3 is 21.3 Å². The molecule has 4 bridgehead atoms. The van der Waals surface area contributed by atoms with Crippen LogP contribution < -0.4 is 21.3 Å². The number of amides is 2. The summed E-state index contributed by atoms with van der Waals surface area (Å²) in [6.07, 6.45) is 2.25. The molecule has 8 nitrogen and oxygen atoms in total. The molecular weight excluding hydrogens is 380 g/mol. The standard InChI is InChI=1S/C22H22N6O2/c1-28-11-5-10-24-21(29)15-7-4-6-14(12-15)17-13-25-20(23)19(26-17)22(30)27-16-8-2-3-9-18(16)28/h2-4,6-9,12-13H,5,10-11H2,1H3,(H2,23,25)(H,24,29)(H,27,30). The second-order valence-corrected chi connectivity index (χ2v) is 7.07. The lowest BCUT2D eigenvalue weighted by Gasteiger charge is -2.23. The summed E-state index contributed by atoms with van der Waals surface area (Å²) < 4.78 is 0. The maximum Gasteiger partial charge on any atom is 0.278 e. The Kier molecular flexibility index (Phi) is 5.30. The Labute approximate surface area is 174 Å². The molecule has 152 valence electrons. The van der Waals surface area contributed by atoms with E-state index in [2.05, 4.69) is 20.6 Å². The Bertz CT molecular complexity index is 1110. The van der Waals surface area contributed by atoms with Crippen LogP contribution in [-0.4, -0.2) is 41.9 Å². The van der Waals surface area contributed by atoms with Crippen LogP contribution in [0.1, 0.15) is 27.3 Å². The van der Waals surface area contributed by atoms with E-state index in [1.807, 2.05) is 42.3 Å². The van der Waals surface area contributed by atoms with Crippen LogP contribution in [0.25, 0.3) is 11.3 Å². The minimum atomic E-state index is -0.441. The van der Waals surface area contributed by atoms with E-state index >= 15 is 0 Å². The van der Waals surface area contributed by atoms with Crippen molar-refractivity contribution in [1.82, 2.24) is 15.3 Å². The van der Waals surface area contributed by atoms with E-state index in [-0.39, 0.29) is 17.4 Å². The van der Waals surface area contributed by atoms with Crippen molar-refractivity contribution < 1.29 is 9.59 Å². The first kappa shape index (κ1) is 19.4. The molecule has 0 radical (unpaired) electrons. The molecule has 4 rings (SSSR count). The molecule has 0 spiro atoms. The number of nitrogen functional groups attached to an aromatic ring is 1. The number of para-hydroxylation sites is 2. The van der Waals surface area contributed by atoms with Gasteiger partial charge in [-0.15, -0.1) is 0 Å². The first-order chi connectivity index (χ1) is 14.5. The van der Waals surface area contributed by atoms with Crippen molar-refractivity contribution in [2.24, 2.45) is 0 Å². The van der Waals surface area contributed by atoms with Gasteiger partial charge in [0.1, 0.15) is 0 Å². The van der Waals surface area contributed by atoms with Crippen molar-refractivity contribution in [3.05, 3.63) is 66.0 Å². The zero-order chi connectivity index (χ0) is 21.1. The van der Waals surface area contributed by atoms with Crippen molar-refractivity contribution in [1.29, 1.82) is 0 Å². The van der Waals surface area contributed by atoms with Crippen molar-refractivity contribution >= 4 is 29.0 Å². The van der Waals surface area contributed by atoms with Gasteiger partial charge in [0, 0.05) is 31.3 Å². The van der Waals surface area contributed by atoms with Gasteiger partial charge in [0.25, 0.3) is 11.8 Å². The Morgan fingerprint density at radius 2 is 1.83 bits per heavy atom. The molecule has 0 aliphatic carbocycles. The van der Waals surface area contributed by atoms with Crippen LogP contribution in [0.3, 0.4) is 0 Å². The Morgan fingerprint density at radius 3 is 2.70 bits per heavy atom. The molecule has 30 heavy (non-hydrogen) atoms. The fraction of sp³-hybridized carbons (Fsp3) is 0.182. The molecule has 3 aromatic rings. The number of benzene rings is 2. The lowest BCUT2D eigenvalue weighted by molar-refractivity contribution is 0.0952. The van der Waals surface area contributed by atoms with Crippen LogP contribution in [0.5, 0.6) is 0 Å². The molecular formula is C22H22N6O2. The molecule has 1 aliphatic heterocycles.